The van der Waals surface area contributed by atoms with Crippen molar-refractivity contribution < 1.29 is 56.2 Å². The van der Waals surface area contributed by atoms with E-state index in [-0.39, 0.29) is 106 Å². The molecule has 4 saturated carbocycles. The van der Waals surface area contributed by atoms with Crippen molar-refractivity contribution in [1.82, 2.24) is 49.9 Å². The van der Waals surface area contributed by atoms with Gasteiger partial charge in [-0.1, -0.05) is 79.0 Å². The summed E-state index contributed by atoms with van der Waals surface area (Å²) in [5, 5.41) is 40.8. The smallest absolute Gasteiger partial charge is 0.191 e. The average Bonchev–Trinajstić information content (AvgIpc) is 4.01. The molecule has 4 aromatic heterocycles. The highest BCUT2D eigenvalue weighted by molar-refractivity contribution is 7.99. The van der Waals surface area contributed by atoms with Crippen LogP contribution in [-0.4, -0.2) is 158 Å². The highest BCUT2D eigenvalue weighted by atomic mass is 35.5. The van der Waals surface area contributed by atoms with Gasteiger partial charge in [0.2, 0.25) is 0 Å². The largest absolute Gasteiger partial charge is 0.394 e. The van der Waals surface area contributed by atoms with Crippen molar-refractivity contribution in [2.24, 2.45) is 5.73 Å². The summed E-state index contributed by atoms with van der Waals surface area (Å²) in [6, 6.07) is 7.73. The van der Waals surface area contributed by atoms with Crippen LogP contribution < -0.4 is 11.1 Å². The zero-order chi connectivity index (χ0) is 55.9. The molecule has 6 fully saturated rings. The number of aliphatic hydroxyl groups excluding tert-OH is 2. The van der Waals surface area contributed by atoms with E-state index in [4.69, 9.17) is 60.8 Å². The summed E-state index contributed by atoms with van der Waals surface area (Å²) in [7, 11) is 0. The molecule has 0 amide bonds. The Labute approximate surface area is 474 Å². The molecule has 0 bridgehead atoms. The minimum Gasteiger partial charge on any atom is -0.394 e. The Morgan fingerprint density at radius 2 is 1.12 bits per heavy atom. The van der Waals surface area contributed by atoms with Gasteiger partial charge in [-0.05, 0) is 88.8 Å². The van der Waals surface area contributed by atoms with Crippen LogP contribution in [0.2, 0.25) is 5.15 Å². The third kappa shape index (κ3) is 13.2. The maximum Gasteiger partial charge on any atom is 0.191 e. The molecule has 436 valence electrons. The zero-order valence-corrected chi connectivity index (χ0v) is 46.9. The minimum atomic E-state index is -0.853. The van der Waals surface area contributed by atoms with Gasteiger partial charge in [-0.15, -0.1) is 10.2 Å². The van der Waals surface area contributed by atoms with Crippen molar-refractivity contribution in [3.8, 4) is 0 Å². The van der Waals surface area contributed by atoms with Crippen molar-refractivity contribution >= 4 is 63.3 Å². The number of rotatable bonds is 18. The van der Waals surface area contributed by atoms with Crippen LogP contribution in [0, 0.1) is 23.3 Å². The number of aromatic nitrogens is 10. The number of fused-ring (bicyclic) bond motifs is 4. The van der Waals surface area contributed by atoms with Crippen molar-refractivity contribution in [3.05, 3.63) is 75.9 Å². The van der Waals surface area contributed by atoms with Gasteiger partial charge in [0.15, 0.2) is 78.5 Å². The van der Waals surface area contributed by atoms with Crippen LogP contribution in [0.1, 0.15) is 123 Å². The first-order chi connectivity index (χ1) is 37.9. The summed E-state index contributed by atoms with van der Waals surface area (Å²) in [4.78, 5) is 18.5. The van der Waals surface area contributed by atoms with Crippen molar-refractivity contribution in [1.29, 1.82) is 0 Å². The molecule has 2 aliphatic heterocycles. The monoisotopic (exact) mass is 1180 g/mol. The van der Waals surface area contributed by atoms with Crippen LogP contribution >= 0.6 is 35.1 Å². The van der Waals surface area contributed by atoms with E-state index in [0.29, 0.717) is 56.5 Å². The Kier molecular flexibility index (Phi) is 18.9. The number of hydrogen-bond acceptors (Lipinski definition) is 20. The van der Waals surface area contributed by atoms with Crippen LogP contribution in [-0.2, 0) is 28.4 Å². The van der Waals surface area contributed by atoms with Crippen LogP contribution in [0.15, 0.2) is 46.7 Å². The molecule has 80 heavy (non-hydrogen) atoms. The number of ether oxygens (including phenoxy) is 6. The molecule has 0 spiro atoms. The predicted octanol–water partition coefficient (Wildman–Crippen LogP) is 8.45. The SMILES string of the molecule is C.CCCSc1nc(Cl)c2nnn([C@@H]3C[C@H](OCCO)[C@H]4OC(C)(C)O[C@H]43)c2n1.CCCSc1nc(N[C@@H]2C[C@H]2c2ccc(F)c(F)c2)c2nnn([C@@H]3C[C@H](OCCO)[C@H]4OC(C)(C)O[C@H]43)c2n1.N[C@@H]1C[C@H]1c1ccc(F)c(F)c1. The van der Waals surface area contributed by atoms with Crippen molar-refractivity contribution in [2.45, 2.75) is 182 Å². The fourth-order valence-electron chi connectivity index (χ4n) is 10.7. The van der Waals surface area contributed by atoms with E-state index in [1.165, 1.54) is 12.1 Å². The lowest BCUT2D eigenvalue weighted by molar-refractivity contribution is -0.171. The normalized spacial score (nSPS) is 28.4. The third-order valence-electron chi connectivity index (χ3n) is 14.4. The number of benzene rings is 2. The van der Waals surface area contributed by atoms with Gasteiger partial charge in [0.05, 0.1) is 50.7 Å². The molecule has 0 radical (unpaired) electrons. The number of nitrogens with zero attached hydrogens (tertiary/aromatic N) is 10. The highest BCUT2D eigenvalue weighted by Crippen LogP contribution is 2.48. The lowest BCUT2D eigenvalue weighted by Crippen LogP contribution is -2.31. The van der Waals surface area contributed by atoms with Crippen LogP contribution in [0.4, 0.5) is 23.4 Å². The molecule has 2 aromatic carbocycles. The number of halogens is 5. The average molecular weight is 1180 g/mol. The molecular formula is C53H69ClF4N12O8S2. The second-order valence-electron chi connectivity index (χ2n) is 21.2. The molecule has 6 aromatic rings. The third-order valence-corrected chi connectivity index (χ3v) is 16.7. The Morgan fingerprint density at radius 3 is 1.60 bits per heavy atom. The summed E-state index contributed by atoms with van der Waals surface area (Å²) >= 11 is 9.43. The Morgan fingerprint density at radius 1 is 0.662 bits per heavy atom. The quantitative estimate of drug-likeness (QED) is 0.0273. The van der Waals surface area contributed by atoms with Crippen LogP contribution in [0.25, 0.3) is 22.3 Å². The van der Waals surface area contributed by atoms with Gasteiger partial charge in [-0.3, -0.25) is 0 Å². The Balaban J connectivity index is 0.000000164. The van der Waals surface area contributed by atoms with Gasteiger partial charge in [-0.25, -0.2) is 46.9 Å². The molecule has 2 saturated heterocycles. The molecule has 12 atom stereocenters. The summed E-state index contributed by atoms with van der Waals surface area (Å²) in [6.45, 7) is 12.0. The number of thioether (sulfide) groups is 2. The fraction of sp³-hybridized carbons (Fsp3) is 0.623. The molecule has 27 heteroatoms. The van der Waals surface area contributed by atoms with Gasteiger partial charge in [-0.2, -0.15) is 0 Å². The number of anilines is 1. The van der Waals surface area contributed by atoms with Crippen LogP contribution in [0.3, 0.4) is 0 Å². The molecule has 20 nitrogen and oxygen atoms in total. The Hall–Kier alpha value is -4.45. The fourth-order valence-corrected chi connectivity index (χ4v) is 12.3. The zero-order valence-electron chi connectivity index (χ0n) is 44.5. The molecule has 0 unspecified atom stereocenters. The topological polar surface area (TPSA) is 247 Å². The standard InChI is InChI=1S/C26H32F2N6O4S.C17H24ClN5O4S.C9H9F2N.CH4/c1-4-9-39-25-30-23(29-17-11-14(17)13-5-6-15(27)16(28)10-13)20-24(31-25)34(33-32-20)18-12-19(36-8-7-35)22-21(18)37-26(2,3)38-22;1-4-7-28-16-19-14(18)11-15(20-16)23(22-21-11)9-8-10(25-6-5-24)13-12(9)26-17(2,3)27-13;10-7-2-1-5(3-8(7)11)6-4-9(6)12;/h5-6,10,14,17-19,21-22,35H,4,7-9,11-12H2,1-3H3,(H,29,30,31);9-10,12-13,24H,4-8H2,1-3H3;1-3,6,9H,4,12H2;1H4/t14-,17+,18+,19-,21-,22+;9-,10+,12+,13-;6-,9+;/m010./s1. The maximum atomic E-state index is 13.8. The van der Waals surface area contributed by atoms with E-state index in [9.17, 15) is 22.7 Å². The molecular weight excluding hydrogens is 1110 g/mol. The lowest BCUT2D eigenvalue weighted by atomic mass is 10.1. The second-order valence-corrected chi connectivity index (χ2v) is 23.7. The first-order valence-corrected chi connectivity index (χ1v) is 29.0. The van der Waals surface area contributed by atoms with Gasteiger partial charge < -0.3 is 49.7 Å². The van der Waals surface area contributed by atoms with E-state index in [1.807, 2.05) is 27.7 Å². The summed E-state index contributed by atoms with van der Waals surface area (Å²) in [6.07, 6.45) is 3.16. The van der Waals surface area contributed by atoms with E-state index in [2.05, 4.69) is 49.8 Å². The van der Waals surface area contributed by atoms with Crippen molar-refractivity contribution in [3.63, 3.8) is 0 Å². The van der Waals surface area contributed by atoms with E-state index in [1.54, 1.807) is 45.0 Å². The highest BCUT2D eigenvalue weighted by Gasteiger charge is 2.57. The van der Waals surface area contributed by atoms with E-state index >= 15 is 0 Å². The molecule has 6 aliphatic rings. The summed E-state index contributed by atoms with van der Waals surface area (Å²) in [5.41, 5.74) is 9.28. The summed E-state index contributed by atoms with van der Waals surface area (Å²) < 4.78 is 92.3. The minimum absolute atomic E-state index is 0. The predicted molar refractivity (Wildman–Crippen MR) is 291 cm³/mol. The van der Waals surface area contributed by atoms with Gasteiger partial charge in [0.1, 0.15) is 24.4 Å². The lowest BCUT2D eigenvalue weighted by Gasteiger charge is -2.23. The molecule has 5 N–H and O–H groups in total. The number of nitrogens with one attached hydrogen (secondary N) is 1. The van der Waals surface area contributed by atoms with Gasteiger partial charge >= 0.3 is 0 Å². The second kappa shape index (κ2) is 25.2. The van der Waals surface area contributed by atoms with E-state index in [0.717, 1.165) is 60.4 Å². The maximum absolute atomic E-state index is 13.8. The van der Waals surface area contributed by atoms with Crippen molar-refractivity contribution in [2.75, 3.05) is 43.3 Å². The number of aliphatic hydroxyl groups is 2. The van der Waals surface area contributed by atoms with E-state index < -0.39 is 34.8 Å². The molecule has 4 aliphatic carbocycles. The Bertz CT molecular complexity index is 3120. The van der Waals surface area contributed by atoms with Crippen LogP contribution in [0.5, 0.6) is 0 Å². The van der Waals surface area contributed by atoms with Gasteiger partial charge in [0, 0.05) is 48.3 Å². The molecule has 6 heterocycles. The number of nitrogens with two attached hydrogens (primary N) is 1. The first-order valence-electron chi connectivity index (χ1n) is 26.6. The number of hydrogen-bond donors (Lipinski definition) is 4. The molecule has 12 rings (SSSR count). The van der Waals surface area contributed by atoms with Gasteiger partial charge in [0.25, 0.3) is 0 Å². The first kappa shape index (κ1) is 60.2. The summed E-state index contributed by atoms with van der Waals surface area (Å²) in [5.74, 6) is -2.20.